The first kappa shape index (κ1) is 14.8. The molecule has 2 heterocycles. The number of nitrogens with zero attached hydrogens (tertiary/aromatic N) is 3. The number of amides is 1. The lowest BCUT2D eigenvalue weighted by molar-refractivity contribution is -0.137. The van der Waals surface area contributed by atoms with Gasteiger partial charge in [0.25, 0.3) is 5.91 Å². The SMILES string of the molecule is CCc1nn(C)cc1CNC(=O)c1cccn1CC(=O)O. The Hall–Kier alpha value is -2.57. The molecule has 0 aliphatic rings. The van der Waals surface area contributed by atoms with Gasteiger partial charge in [0.1, 0.15) is 12.2 Å². The molecular weight excluding hydrogens is 272 g/mol. The summed E-state index contributed by atoms with van der Waals surface area (Å²) in [6, 6.07) is 3.25. The van der Waals surface area contributed by atoms with Gasteiger partial charge in [0.2, 0.25) is 0 Å². The quantitative estimate of drug-likeness (QED) is 0.823. The summed E-state index contributed by atoms with van der Waals surface area (Å²) in [5.74, 6) is -1.28. The molecule has 2 aromatic rings. The molecule has 0 saturated carbocycles. The minimum absolute atomic E-state index is 0.233. The van der Waals surface area contributed by atoms with Gasteiger partial charge < -0.3 is 15.0 Å². The Kier molecular flexibility index (Phi) is 4.42. The van der Waals surface area contributed by atoms with Gasteiger partial charge in [-0.05, 0) is 18.6 Å². The Bertz CT molecular complexity index is 657. The van der Waals surface area contributed by atoms with Crippen molar-refractivity contribution >= 4 is 11.9 Å². The van der Waals surface area contributed by atoms with Crippen LogP contribution in [0.15, 0.2) is 24.5 Å². The van der Waals surface area contributed by atoms with Crippen LogP contribution >= 0.6 is 0 Å². The van der Waals surface area contributed by atoms with Crippen LogP contribution in [0.4, 0.5) is 0 Å². The van der Waals surface area contributed by atoms with Crippen LogP contribution < -0.4 is 5.32 Å². The van der Waals surface area contributed by atoms with E-state index in [0.29, 0.717) is 12.2 Å². The largest absolute Gasteiger partial charge is 0.480 e. The van der Waals surface area contributed by atoms with E-state index >= 15 is 0 Å². The number of hydrogen-bond donors (Lipinski definition) is 2. The van der Waals surface area contributed by atoms with Gasteiger partial charge in [0, 0.05) is 31.5 Å². The molecule has 7 heteroatoms. The summed E-state index contributed by atoms with van der Waals surface area (Å²) in [6.07, 6.45) is 4.24. The van der Waals surface area contributed by atoms with Crippen molar-refractivity contribution in [3.63, 3.8) is 0 Å². The summed E-state index contributed by atoms with van der Waals surface area (Å²) < 4.78 is 3.12. The van der Waals surface area contributed by atoms with Gasteiger partial charge in [-0.25, -0.2) is 0 Å². The molecule has 2 N–H and O–H groups in total. The summed E-state index contributed by atoms with van der Waals surface area (Å²) in [4.78, 5) is 22.9. The van der Waals surface area contributed by atoms with Crippen molar-refractivity contribution in [1.82, 2.24) is 19.7 Å². The number of hydrogen-bond acceptors (Lipinski definition) is 3. The summed E-state index contributed by atoms with van der Waals surface area (Å²) in [6.45, 7) is 2.14. The van der Waals surface area contributed by atoms with Gasteiger partial charge in [-0.15, -0.1) is 0 Å². The maximum atomic E-state index is 12.1. The normalized spacial score (nSPS) is 10.6. The van der Waals surface area contributed by atoms with Crippen molar-refractivity contribution in [2.75, 3.05) is 0 Å². The highest BCUT2D eigenvalue weighted by molar-refractivity contribution is 5.93. The number of aryl methyl sites for hydroxylation is 2. The molecule has 1 amide bonds. The van der Waals surface area contributed by atoms with E-state index in [9.17, 15) is 9.59 Å². The average molecular weight is 290 g/mol. The fourth-order valence-corrected chi connectivity index (χ4v) is 2.20. The van der Waals surface area contributed by atoms with Crippen LogP contribution in [0.2, 0.25) is 0 Å². The van der Waals surface area contributed by atoms with Gasteiger partial charge in [0.15, 0.2) is 0 Å². The maximum Gasteiger partial charge on any atom is 0.323 e. The number of rotatable bonds is 6. The molecule has 0 saturated heterocycles. The third-order valence-corrected chi connectivity index (χ3v) is 3.13. The maximum absolute atomic E-state index is 12.1. The molecule has 0 aromatic carbocycles. The van der Waals surface area contributed by atoms with E-state index < -0.39 is 5.97 Å². The number of carboxylic acid groups (broad SMARTS) is 1. The van der Waals surface area contributed by atoms with E-state index in [1.807, 2.05) is 20.2 Å². The van der Waals surface area contributed by atoms with Gasteiger partial charge in [-0.1, -0.05) is 6.92 Å². The Morgan fingerprint density at radius 1 is 1.43 bits per heavy atom. The van der Waals surface area contributed by atoms with Crippen molar-refractivity contribution in [3.05, 3.63) is 41.5 Å². The number of aromatic nitrogens is 3. The highest BCUT2D eigenvalue weighted by atomic mass is 16.4. The fraction of sp³-hybridized carbons (Fsp3) is 0.357. The first-order chi connectivity index (χ1) is 10.0. The molecule has 0 fully saturated rings. The molecule has 0 aliphatic carbocycles. The Morgan fingerprint density at radius 3 is 2.86 bits per heavy atom. The molecule has 21 heavy (non-hydrogen) atoms. The monoisotopic (exact) mass is 290 g/mol. The lowest BCUT2D eigenvalue weighted by Gasteiger charge is -2.07. The standard InChI is InChI=1S/C14H18N4O3/c1-3-11-10(8-17(2)16-11)7-15-14(21)12-5-4-6-18(12)9-13(19)20/h4-6,8H,3,7,9H2,1-2H3,(H,15,21)(H,19,20). The molecule has 112 valence electrons. The van der Waals surface area contributed by atoms with Crippen molar-refractivity contribution in [1.29, 1.82) is 0 Å². The van der Waals surface area contributed by atoms with Gasteiger partial charge in [-0.3, -0.25) is 14.3 Å². The second kappa shape index (κ2) is 6.25. The predicted octanol–water partition coefficient (Wildman–Crippen LogP) is 0.799. The first-order valence-electron chi connectivity index (χ1n) is 6.67. The van der Waals surface area contributed by atoms with Crippen LogP contribution in [-0.2, 0) is 31.4 Å². The summed E-state index contributed by atoms with van der Waals surface area (Å²) in [5, 5.41) is 15.9. The Labute approximate surface area is 122 Å². The van der Waals surface area contributed by atoms with Gasteiger partial charge in [-0.2, -0.15) is 5.10 Å². The van der Waals surface area contributed by atoms with Gasteiger partial charge in [0.05, 0.1) is 5.69 Å². The molecule has 2 rings (SSSR count). The highest BCUT2D eigenvalue weighted by Crippen LogP contribution is 2.08. The Balaban J connectivity index is 2.05. The molecule has 0 aliphatic heterocycles. The molecule has 0 atom stereocenters. The number of nitrogens with one attached hydrogen (secondary N) is 1. The lowest BCUT2D eigenvalue weighted by atomic mass is 10.2. The molecule has 0 bridgehead atoms. The third-order valence-electron chi connectivity index (χ3n) is 3.13. The zero-order valence-corrected chi connectivity index (χ0v) is 12.0. The second-order valence-corrected chi connectivity index (χ2v) is 4.73. The Morgan fingerprint density at radius 2 is 2.19 bits per heavy atom. The molecule has 0 spiro atoms. The second-order valence-electron chi connectivity index (χ2n) is 4.73. The lowest BCUT2D eigenvalue weighted by Crippen LogP contribution is -2.26. The minimum Gasteiger partial charge on any atom is -0.480 e. The predicted molar refractivity (Wildman–Crippen MR) is 75.8 cm³/mol. The van der Waals surface area contributed by atoms with E-state index in [2.05, 4.69) is 10.4 Å². The van der Waals surface area contributed by atoms with E-state index in [0.717, 1.165) is 17.7 Å². The van der Waals surface area contributed by atoms with Crippen molar-refractivity contribution in [2.24, 2.45) is 7.05 Å². The summed E-state index contributed by atoms with van der Waals surface area (Å²) in [7, 11) is 1.84. The average Bonchev–Trinajstić information content (AvgIpc) is 3.01. The summed E-state index contributed by atoms with van der Waals surface area (Å²) in [5.41, 5.74) is 2.24. The summed E-state index contributed by atoms with van der Waals surface area (Å²) >= 11 is 0. The number of aliphatic carboxylic acids is 1. The van der Waals surface area contributed by atoms with Crippen LogP contribution in [-0.4, -0.2) is 31.3 Å². The van der Waals surface area contributed by atoms with Crippen LogP contribution in [0.25, 0.3) is 0 Å². The fourth-order valence-electron chi connectivity index (χ4n) is 2.20. The topological polar surface area (TPSA) is 89.2 Å². The number of carboxylic acids is 1. The zero-order chi connectivity index (χ0) is 15.4. The molecular formula is C14H18N4O3. The molecule has 2 aromatic heterocycles. The number of carbonyl (C=O) groups excluding carboxylic acids is 1. The van der Waals surface area contributed by atoms with Crippen molar-refractivity contribution in [3.8, 4) is 0 Å². The smallest absolute Gasteiger partial charge is 0.323 e. The van der Waals surface area contributed by atoms with Gasteiger partial charge >= 0.3 is 5.97 Å². The first-order valence-corrected chi connectivity index (χ1v) is 6.67. The minimum atomic E-state index is -0.985. The molecule has 0 radical (unpaired) electrons. The van der Waals surface area contributed by atoms with E-state index in [4.69, 9.17) is 5.11 Å². The molecule has 0 unspecified atom stereocenters. The van der Waals surface area contributed by atoms with Crippen LogP contribution in [0.3, 0.4) is 0 Å². The van der Waals surface area contributed by atoms with E-state index in [1.165, 1.54) is 4.57 Å². The van der Waals surface area contributed by atoms with Crippen molar-refractivity contribution in [2.45, 2.75) is 26.4 Å². The van der Waals surface area contributed by atoms with Crippen LogP contribution in [0.1, 0.15) is 28.7 Å². The van der Waals surface area contributed by atoms with Crippen molar-refractivity contribution < 1.29 is 14.7 Å². The third kappa shape index (κ3) is 3.50. The zero-order valence-electron chi connectivity index (χ0n) is 12.0. The van der Waals surface area contributed by atoms with Crippen LogP contribution in [0, 0.1) is 0 Å². The van der Waals surface area contributed by atoms with E-state index in [-0.39, 0.29) is 12.5 Å². The number of carbonyl (C=O) groups is 2. The van der Waals surface area contributed by atoms with Crippen LogP contribution in [0.5, 0.6) is 0 Å². The highest BCUT2D eigenvalue weighted by Gasteiger charge is 2.13. The van der Waals surface area contributed by atoms with E-state index in [1.54, 1.807) is 23.0 Å². The molecule has 7 nitrogen and oxygen atoms in total.